The van der Waals surface area contributed by atoms with E-state index < -0.39 is 0 Å². The van der Waals surface area contributed by atoms with Gasteiger partial charge in [0.15, 0.2) is 0 Å². The van der Waals surface area contributed by atoms with Gasteiger partial charge < -0.3 is 4.74 Å². The molecule has 2 heteroatoms. The van der Waals surface area contributed by atoms with E-state index in [1.165, 1.54) is 11.1 Å². The minimum absolute atomic E-state index is 0.314. The van der Waals surface area contributed by atoms with Gasteiger partial charge in [0.1, 0.15) is 5.75 Å². The molecule has 1 rings (SSSR count). The van der Waals surface area contributed by atoms with Gasteiger partial charge >= 0.3 is 0 Å². The van der Waals surface area contributed by atoms with Gasteiger partial charge in [0.2, 0.25) is 0 Å². The third kappa shape index (κ3) is 3.49. The zero-order valence-electron chi connectivity index (χ0n) is 11.4. The third-order valence-corrected chi connectivity index (χ3v) is 3.15. The molecule has 0 fully saturated rings. The molecular weight excluding hydrogens is 210 g/mol. The molecule has 1 aromatic rings. The first kappa shape index (κ1) is 13.6. The zero-order chi connectivity index (χ0) is 13.1. The van der Waals surface area contributed by atoms with Crippen molar-refractivity contribution in [2.45, 2.75) is 41.0 Å². The van der Waals surface area contributed by atoms with Crippen LogP contribution < -0.4 is 4.74 Å². The molecule has 0 saturated carbocycles. The molecule has 0 heterocycles. The predicted octanol–water partition coefficient (Wildman–Crippen LogP) is 3.93. The maximum Gasteiger partial charge on any atom is 0.125 e. The maximum absolute atomic E-state index is 8.94. The fourth-order valence-electron chi connectivity index (χ4n) is 1.61. The molecule has 0 amide bonds. The number of hydrogen-bond acceptors (Lipinski definition) is 2. The van der Waals surface area contributed by atoms with Gasteiger partial charge in [-0.3, -0.25) is 0 Å². The van der Waals surface area contributed by atoms with Crippen LogP contribution in [0.4, 0.5) is 0 Å². The van der Waals surface area contributed by atoms with E-state index in [1.54, 1.807) is 0 Å². The second-order valence-electron chi connectivity index (χ2n) is 5.25. The van der Waals surface area contributed by atoms with Gasteiger partial charge in [-0.2, -0.15) is 5.26 Å². The summed E-state index contributed by atoms with van der Waals surface area (Å²) in [7, 11) is 0. The number of nitriles is 1. The standard InChI is InChI=1S/C15H21NO/c1-11-6-7-12(2)14(13(11)3)17-9-8-15(4,5)10-16/h6-7H,8-9H2,1-5H3. The molecule has 0 aromatic heterocycles. The fraction of sp³-hybridized carbons (Fsp3) is 0.533. The molecule has 0 radical (unpaired) electrons. The van der Waals surface area contributed by atoms with Gasteiger partial charge in [-0.15, -0.1) is 0 Å². The largest absolute Gasteiger partial charge is 0.493 e. The van der Waals surface area contributed by atoms with E-state index in [0.717, 1.165) is 17.7 Å². The molecule has 0 saturated heterocycles. The van der Waals surface area contributed by atoms with E-state index in [-0.39, 0.29) is 5.41 Å². The van der Waals surface area contributed by atoms with Crippen molar-refractivity contribution in [1.29, 1.82) is 5.26 Å². The number of aryl methyl sites for hydroxylation is 2. The van der Waals surface area contributed by atoms with Crippen LogP contribution in [-0.4, -0.2) is 6.61 Å². The van der Waals surface area contributed by atoms with E-state index in [9.17, 15) is 0 Å². The monoisotopic (exact) mass is 231 g/mol. The normalized spacial score (nSPS) is 11.1. The average molecular weight is 231 g/mol. The Morgan fingerprint density at radius 1 is 1.18 bits per heavy atom. The Morgan fingerprint density at radius 3 is 2.35 bits per heavy atom. The Labute approximate surface area is 104 Å². The summed E-state index contributed by atoms with van der Waals surface area (Å²) in [6, 6.07) is 6.47. The summed E-state index contributed by atoms with van der Waals surface area (Å²) < 4.78 is 5.83. The Bertz CT molecular complexity index is 441. The number of rotatable bonds is 4. The average Bonchev–Trinajstić information content (AvgIpc) is 2.28. The van der Waals surface area contributed by atoms with Crippen LogP contribution in [0, 0.1) is 37.5 Å². The Kier molecular flexibility index (Phi) is 4.17. The lowest BCUT2D eigenvalue weighted by Crippen LogP contribution is -2.13. The summed E-state index contributed by atoms with van der Waals surface area (Å²) in [5.41, 5.74) is 3.28. The number of hydrogen-bond donors (Lipinski definition) is 0. The number of nitrogens with zero attached hydrogens (tertiary/aromatic N) is 1. The topological polar surface area (TPSA) is 33.0 Å². The van der Waals surface area contributed by atoms with Gasteiger partial charge in [-0.05, 0) is 57.7 Å². The van der Waals surface area contributed by atoms with E-state index in [0.29, 0.717) is 6.61 Å². The van der Waals surface area contributed by atoms with Gasteiger partial charge in [-0.1, -0.05) is 12.1 Å². The van der Waals surface area contributed by atoms with Gasteiger partial charge in [0.25, 0.3) is 0 Å². The van der Waals surface area contributed by atoms with Crippen LogP contribution in [-0.2, 0) is 0 Å². The van der Waals surface area contributed by atoms with Crippen LogP contribution in [0.5, 0.6) is 5.75 Å². The first-order valence-corrected chi connectivity index (χ1v) is 5.98. The summed E-state index contributed by atoms with van der Waals surface area (Å²) in [5.74, 6) is 0.971. The van der Waals surface area contributed by atoms with E-state index in [2.05, 4.69) is 39.0 Å². The van der Waals surface area contributed by atoms with E-state index >= 15 is 0 Å². The van der Waals surface area contributed by atoms with Crippen LogP contribution in [0.25, 0.3) is 0 Å². The third-order valence-electron chi connectivity index (χ3n) is 3.15. The molecular formula is C15H21NO. The molecule has 0 aliphatic heterocycles. The molecule has 0 aliphatic rings. The summed E-state index contributed by atoms with van der Waals surface area (Å²) >= 11 is 0. The first-order chi connectivity index (χ1) is 7.87. The van der Waals surface area contributed by atoms with Crippen molar-refractivity contribution in [2.75, 3.05) is 6.61 Å². The maximum atomic E-state index is 8.94. The molecule has 0 bridgehead atoms. The molecule has 2 nitrogen and oxygen atoms in total. The van der Waals surface area contributed by atoms with Crippen LogP contribution in [0.3, 0.4) is 0 Å². The molecule has 0 unspecified atom stereocenters. The SMILES string of the molecule is Cc1ccc(C)c(OCCC(C)(C)C#N)c1C. The zero-order valence-corrected chi connectivity index (χ0v) is 11.4. The first-order valence-electron chi connectivity index (χ1n) is 5.98. The molecule has 0 spiro atoms. The summed E-state index contributed by atoms with van der Waals surface area (Å²) in [4.78, 5) is 0. The highest BCUT2D eigenvalue weighted by atomic mass is 16.5. The van der Waals surface area contributed by atoms with Crippen molar-refractivity contribution in [1.82, 2.24) is 0 Å². The molecule has 0 aliphatic carbocycles. The Hall–Kier alpha value is -1.49. The molecule has 0 N–H and O–H groups in total. The Morgan fingerprint density at radius 2 is 1.76 bits per heavy atom. The summed E-state index contributed by atoms with van der Waals surface area (Å²) in [5, 5.41) is 8.94. The molecule has 0 atom stereocenters. The minimum atomic E-state index is -0.314. The minimum Gasteiger partial charge on any atom is -0.493 e. The fourth-order valence-corrected chi connectivity index (χ4v) is 1.61. The van der Waals surface area contributed by atoms with Crippen LogP contribution in [0.2, 0.25) is 0 Å². The van der Waals surface area contributed by atoms with E-state index in [1.807, 2.05) is 13.8 Å². The van der Waals surface area contributed by atoms with Gasteiger partial charge in [-0.25, -0.2) is 0 Å². The number of benzene rings is 1. The summed E-state index contributed by atoms with van der Waals surface area (Å²) in [6.45, 7) is 10.7. The molecule has 1 aromatic carbocycles. The van der Waals surface area contributed by atoms with Gasteiger partial charge in [0.05, 0.1) is 18.1 Å². The highest BCUT2D eigenvalue weighted by Gasteiger charge is 2.17. The lowest BCUT2D eigenvalue weighted by molar-refractivity contribution is 0.261. The summed E-state index contributed by atoms with van der Waals surface area (Å²) in [6.07, 6.45) is 0.746. The van der Waals surface area contributed by atoms with Crippen LogP contribution >= 0.6 is 0 Å². The van der Waals surface area contributed by atoms with Crippen molar-refractivity contribution < 1.29 is 4.74 Å². The lowest BCUT2D eigenvalue weighted by Gasteiger charge is -2.18. The van der Waals surface area contributed by atoms with Crippen LogP contribution in [0.1, 0.15) is 37.0 Å². The highest BCUT2D eigenvalue weighted by molar-refractivity contribution is 5.44. The van der Waals surface area contributed by atoms with Crippen molar-refractivity contribution in [3.05, 3.63) is 28.8 Å². The lowest BCUT2D eigenvalue weighted by atomic mass is 9.92. The predicted molar refractivity (Wildman–Crippen MR) is 70.2 cm³/mol. The van der Waals surface area contributed by atoms with Crippen molar-refractivity contribution in [3.8, 4) is 11.8 Å². The highest BCUT2D eigenvalue weighted by Crippen LogP contribution is 2.27. The second kappa shape index (κ2) is 5.23. The van der Waals surface area contributed by atoms with Crippen molar-refractivity contribution in [2.24, 2.45) is 5.41 Å². The smallest absolute Gasteiger partial charge is 0.125 e. The number of ether oxygens (including phenoxy) is 1. The van der Waals surface area contributed by atoms with E-state index in [4.69, 9.17) is 10.00 Å². The second-order valence-corrected chi connectivity index (χ2v) is 5.25. The van der Waals surface area contributed by atoms with Crippen molar-refractivity contribution in [3.63, 3.8) is 0 Å². The van der Waals surface area contributed by atoms with Crippen molar-refractivity contribution >= 4 is 0 Å². The van der Waals surface area contributed by atoms with Gasteiger partial charge in [0, 0.05) is 0 Å². The Balaban J connectivity index is 2.71. The molecule has 92 valence electrons. The molecule has 17 heavy (non-hydrogen) atoms. The quantitative estimate of drug-likeness (QED) is 0.786. The van der Waals surface area contributed by atoms with Crippen LogP contribution in [0.15, 0.2) is 12.1 Å².